The summed E-state index contributed by atoms with van der Waals surface area (Å²) in [6, 6.07) is 8.84. The van der Waals surface area contributed by atoms with E-state index in [1.807, 2.05) is 39.8 Å². The van der Waals surface area contributed by atoms with E-state index in [0.29, 0.717) is 29.1 Å². The van der Waals surface area contributed by atoms with Crippen molar-refractivity contribution in [3.8, 4) is 11.4 Å². The van der Waals surface area contributed by atoms with Crippen LogP contribution >= 0.6 is 0 Å². The molecule has 0 saturated carbocycles. The van der Waals surface area contributed by atoms with E-state index in [0.717, 1.165) is 16.7 Å². The monoisotopic (exact) mass is 479 g/mol. The predicted octanol–water partition coefficient (Wildman–Crippen LogP) is 3.25. The van der Waals surface area contributed by atoms with E-state index in [4.69, 9.17) is 15.6 Å². The molecule has 3 rings (SSSR count). The van der Waals surface area contributed by atoms with Crippen molar-refractivity contribution in [3.05, 3.63) is 64.5 Å². The molecule has 0 aliphatic heterocycles. The summed E-state index contributed by atoms with van der Waals surface area (Å²) in [5, 5.41) is 19.5. The van der Waals surface area contributed by atoms with Crippen LogP contribution < -0.4 is 15.8 Å². The third kappa shape index (κ3) is 5.84. The van der Waals surface area contributed by atoms with Crippen LogP contribution in [0.25, 0.3) is 5.69 Å². The predicted molar refractivity (Wildman–Crippen MR) is 130 cm³/mol. The van der Waals surface area contributed by atoms with Gasteiger partial charge in [-0.05, 0) is 53.6 Å². The Hall–Kier alpha value is -4.21. The van der Waals surface area contributed by atoms with Crippen LogP contribution in [0.15, 0.2) is 36.5 Å². The Morgan fingerprint density at radius 3 is 2.46 bits per heavy atom. The molecule has 3 aromatic rings. The van der Waals surface area contributed by atoms with Gasteiger partial charge in [0.1, 0.15) is 5.75 Å². The van der Waals surface area contributed by atoms with Crippen LogP contribution in [-0.2, 0) is 16.6 Å². The Balaban J connectivity index is 2.00. The second-order valence-electron chi connectivity index (χ2n) is 9.24. The Kier molecular flexibility index (Phi) is 7.23. The summed E-state index contributed by atoms with van der Waals surface area (Å²) >= 11 is 0. The van der Waals surface area contributed by atoms with Gasteiger partial charge >= 0.3 is 5.97 Å². The number of carbonyl (C=O) groups excluding carboxylic acids is 2. The van der Waals surface area contributed by atoms with Crippen LogP contribution in [0.2, 0.25) is 0 Å². The molecule has 2 aromatic carbocycles. The largest absolute Gasteiger partial charge is 0.494 e. The molecule has 184 valence electrons. The second-order valence-corrected chi connectivity index (χ2v) is 9.24. The summed E-state index contributed by atoms with van der Waals surface area (Å²) < 4.78 is 6.92. The topological polar surface area (TPSA) is 149 Å². The number of nitrogens with one attached hydrogen (secondary N) is 1. The lowest BCUT2D eigenvalue weighted by Crippen LogP contribution is -2.18. The van der Waals surface area contributed by atoms with E-state index >= 15 is 0 Å². The number of hydrogen-bond donors (Lipinski definition) is 3. The number of aromatic nitrogens is 3. The molecule has 1 aromatic heterocycles. The molecule has 0 saturated heterocycles. The van der Waals surface area contributed by atoms with Crippen molar-refractivity contribution in [3.63, 3.8) is 0 Å². The highest BCUT2D eigenvalue weighted by molar-refractivity contribution is 6.05. The number of primary amides is 1. The Bertz CT molecular complexity index is 1290. The van der Waals surface area contributed by atoms with Gasteiger partial charge in [0.25, 0.3) is 5.91 Å². The van der Waals surface area contributed by atoms with E-state index in [9.17, 15) is 14.4 Å². The van der Waals surface area contributed by atoms with Crippen molar-refractivity contribution < 1.29 is 24.2 Å². The van der Waals surface area contributed by atoms with Crippen molar-refractivity contribution in [1.29, 1.82) is 0 Å². The highest BCUT2D eigenvalue weighted by atomic mass is 16.5. The summed E-state index contributed by atoms with van der Waals surface area (Å²) in [5.74, 6) is -1.55. The first-order valence-corrected chi connectivity index (χ1v) is 11.0. The third-order valence-electron chi connectivity index (χ3n) is 5.56. The number of carbonyl (C=O) groups is 3. The summed E-state index contributed by atoms with van der Waals surface area (Å²) in [5.41, 5.74) is 8.76. The van der Waals surface area contributed by atoms with Gasteiger partial charge < -0.3 is 20.9 Å². The van der Waals surface area contributed by atoms with Crippen LogP contribution in [0, 0.1) is 6.92 Å². The Morgan fingerprint density at radius 2 is 1.89 bits per heavy atom. The molecular weight excluding hydrogens is 450 g/mol. The maximum atomic E-state index is 13.2. The van der Waals surface area contributed by atoms with Gasteiger partial charge in [-0.25, -0.2) is 9.48 Å². The van der Waals surface area contributed by atoms with Crippen LogP contribution in [0.1, 0.15) is 64.7 Å². The number of aryl methyl sites for hydroxylation is 2. The van der Waals surface area contributed by atoms with E-state index in [-0.39, 0.29) is 17.5 Å². The molecule has 0 aliphatic rings. The van der Waals surface area contributed by atoms with Gasteiger partial charge in [0.2, 0.25) is 5.91 Å². The number of benzene rings is 2. The number of amides is 2. The maximum Gasteiger partial charge on any atom is 0.358 e. The normalized spacial score (nSPS) is 11.2. The first-order chi connectivity index (χ1) is 16.4. The first kappa shape index (κ1) is 25.4. The fourth-order valence-corrected chi connectivity index (χ4v) is 3.57. The summed E-state index contributed by atoms with van der Waals surface area (Å²) in [6.45, 7) is 7.97. The van der Waals surface area contributed by atoms with Gasteiger partial charge in [-0.15, -0.1) is 5.10 Å². The van der Waals surface area contributed by atoms with Gasteiger partial charge in [0.15, 0.2) is 5.69 Å². The zero-order valence-corrected chi connectivity index (χ0v) is 20.4. The molecule has 10 heteroatoms. The number of ether oxygens (including phenoxy) is 1. The lowest BCUT2D eigenvalue weighted by atomic mass is 9.85. The lowest BCUT2D eigenvalue weighted by Gasteiger charge is -2.24. The molecule has 2 amide bonds. The minimum atomic E-state index is -1.19. The molecule has 4 N–H and O–H groups in total. The summed E-state index contributed by atoms with van der Waals surface area (Å²) in [4.78, 5) is 35.8. The number of carboxylic acid groups (broad SMARTS) is 1. The van der Waals surface area contributed by atoms with Crippen molar-refractivity contribution in [2.24, 2.45) is 5.73 Å². The van der Waals surface area contributed by atoms with Gasteiger partial charge in [0.05, 0.1) is 24.7 Å². The number of nitrogens with zero attached hydrogens (tertiary/aromatic N) is 3. The molecule has 10 nitrogen and oxygen atoms in total. The number of anilines is 1. The fourth-order valence-electron chi connectivity index (χ4n) is 3.57. The van der Waals surface area contributed by atoms with Crippen molar-refractivity contribution in [1.82, 2.24) is 15.0 Å². The zero-order chi connectivity index (χ0) is 25.9. The minimum absolute atomic E-state index is 0.148. The zero-order valence-electron chi connectivity index (χ0n) is 20.4. The van der Waals surface area contributed by atoms with Crippen molar-refractivity contribution in [2.75, 3.05) is 12.4 Å². The second kappa shape index (κ2) is 9.96. The number of hydrogen-bond acceptors (Lipinski definition) is 6. The van der Waals surface area contributed by atoms with Crippen molar-refractivity contribution in [2.45, 2.75) is 46.0 Å². The first-order valence-electron chi connectivity index (χ1n) is 11.0. The van der Waals surface area contributed by atoms with Crippen LogP contribution in [0.3, 0.4) is 0 Å². The smallest absolute Gasteiger partial charge is 0.358 e. The van der Waals surface area contributed by atoms with Gasteiger partial charge in [-0.1, -0.05) is 38.1 Å². The lowest BCUT2D eigenvalue weighted by molar-refractivity contribution is -0.118. The number of methoxy groups -OCH3 is 1. The van der Waals surface area contributed by atoms with Crippen LogP contribution in [0.5, 0.6) is 5.75 Å². The molecule has 0 bridgehead atoms. The van der Waals surface area contributed by atoms with E-state index in [2.05, 4.69) is 15.6 Å². The van der Waals surface area contributed by atoms with Gasteiger partial charge in [-0.2, -0.15) is 0 Å². The molecular formula is C25H29N5O5. The standard InChI is InChI=1S/C25H29N5O5/c1-14-6-7-16(11-20(14)30-13-19(24(33)34)28-29-30)23(32)27-18-12-17(25(2,3)4)10-15(22(18)35-5)8-9-21(26)31/h6-7,10-13H,8-9H2,1-5H3,(H2,26,31)(H,27,32)(H,33,34). The highest BCUT2D eigenvalue weighted by Gasteiger charge is 2.22. The molecule has 0 atom stereocenters. The summed E-state index contributed by atoms with van der Waals surface area (Å²) in [7, 11) is 1.50. The number of nitrogens with two attached hydrogens (primary N) is 1. The maximum absolute atomic E-state index is 13.2. The number of rotatable bonds is 8. The molecule has 0 fully saturated rings. The number of aromatic carboxylic acids is 1. The fraction of sp³-hybridized carbons (Fsp3) is 0.320. The Morgan fingerprint density at radius 1 is 1.17 bits per heavy atom. The molecule has 0 unspecified atom stereocenters. The van der Waals surface area contributed by atoms with E-state index in [1.165, 1.54) is 18.0 Å². The van der Waals surface area contributed by atoms with Crippen LogP contribution in [0.4, 0.5) is 5.69 Å². The average Bonchev–Trinajstić information content (AvgIpc) is 3.27. The third-order valence-corrected chi connectivity index (χ3v) is 5.56. The van der Waals surface area contributed by atoms with E-state index in [1.54, 1.807) is 18.2 Å². The molecule has 1 heterocycles. The molecule has 0 spiro atoms. The van der Waals surface area contributed by atoms with Crippen molar-refractivity contribution >= 4 is 23.5 Å². The van der Waals surface area contributed by atoms with Gasteiger partial charge in [-0.3, -0.25) is 9.59 Å². The Labute approximate surface area is 203 Å². The molecule has 0 aliphatic carbocycles. The molecule has 35 heavy (non-hydrogen) atoms. The van der Waals surface area contributed by atoms with Crippen LogP contribution in [-0.4, -0.2) is 45.0 Å². The minimum Gasteiger partial charge on any atom is -0.494 e. The summed E-state index contributed by atoms with van der Waals surface area (Å²) in [6.07, 6.45) is 1.81. The molecule has 0 radical (unpaired) electrons. The highest BCUT2D eigenvalue weighted by Crippen LogP contribution is 2.36. The average molecular weight is 480 g/mol. The quantitative estimate of drug-likeness (QED) is 0.449. The SMILES string of the molecule is COc1c(CCC(N)=O)cc(C(C)(C)C)cc1NC(=O)c1ccc(C)c(-n2cc(C(=O)O)nn2)c1. The van der Waals surface area contributed by atoms with Gasteiger partial charge in [0, 0.05) is 12.0 Å². The van der Waals surface area contributed by atoms with E-state index < -0.39 is 17.8 Å². The number of carboxylic acids is 1.